The lowest BCUT2D eigenvalue weighted by molar-refractivity contribution is 0.270. The van der Waals surface area contributed by atoms with Gasteiger partial charge in [-0.15, -0.1) is 11.6 Å². The summed E-state index contributed by atoms with van der Waals surface area (Å²) >= 11 is 5.37. The molecule has 1 aliphatic heterocycles. The summed E-state index contributed by atoms with van der Waals surface area (Å²) in [4.78, 5) is 0. The van der Waals surface area contributed by atoms with Crippen molar-refractivity contribution in [3.63, 3.8) is 0 Å². The molecule has 0 spiro atoms. The van der Waals surface area contributed by atoms with E-state index in [1.54, 1.807) is 0 Å². The number of rotatable bonds is 3. The molecule has 0 aromatic carbocycles. The van der Waals surface area contributed by atoms with Crippen LogP contribution in [0, 0.1) is 5.92 Å². The molecule has 3 nitrogen and oxygen atoms in total. The van der Waals surface area contributed by atoms with E-state index in [0.29, 0.717) is 19.0 Å². The van der Waals surface area contributed by atoms with E-state index in [9.17, 15) is 8.42 Å². The van der Waals surface area contributed by atoms with Gasteiger partial charge in [-0.2, -0.15) is 0 Å². The molecule has 1 heterocycles. The molecule has 0 N–H and O–H groups in total. The molecular formula is C8H16ClNO2S. The van der Waals surface area contributed by atoms with Crippen molar-refractivity contribution < 1.29 is 8.42 Å². The van der Waals surface area contributed by atoms with Gasteiger partial charge in [0, 0.05) is 13.1 Å². The molecule has 0 aliphatic carbocycles. The van der Waals surface area contributed by atoms with E-state index in [0.717, 1.165) is 19.3 Å². The highest BCUT2D eigenvalue weighted by atomic mass is 35.5. The van der Waals surface area contributed by atoms with Crippen LogP contribution < -0.4 is 0 Å². The van der Waals surface area contributed by atoms with Gasteiger partial charge in [0.1, 0.15) is 5.21 Å². The van der Waals surface area contributed by atoms with Crippen LogP contribution in [0.5, 0.6) is 0 Å². The minimum atomic E-state index is -3.15. The molecule has 0 atom stereocenters. The number of halogens is 1. The number of piperidine rings is 1. The van der Waals surface area contributed by atoms with Crippen LogP contribution in [0.3, 0.4) is 0 Å². The van der Waals surface area contributed by atoms with Gasteiger partial charge >= 0.3 is 0 Å². The van der Waals surface area contributed by atoms with Crippen molar-refractivity contribution >= 4 is 21.6 Å². The summed E-state index contributed by atoms with van der Waals surface area (Å²) in [5.74, 6) is 0.696. The SMILES string of the molecule is CCC1CCN(S(=O)(=O)CCl)CC1. The van der Waals surface area contributed by atoms with Gasteiger partial charge in [0.05, 0.1) is 0 Å². The Morgan fingerprint density at radius 1 is 1.38 bits per heavy atom. The standard InChI is InChI=1S/C8H16ClNO2S/c1-2-8-3-5-10(6-4-8)13(11,12)7-9/h8H,2-7H2,1H3. The highest BCUT2D eigenvalue weighted by molar-refractivity contribution is 7.90. The third-order valence-electron chi connectivity index (χ3n) is 2.68. The van der Waals surface area contributed by atoms with E-state index in [1.807, 2.05) is 0 Å². The minimum absolute atomic E-state index is 0.288. The Morgan fingerprint density at radius 2 is 1.92 bits per heavy atom. The van der Waals surface area contributed by atoms with Crippen molar-refractivity contribution in [2.75, 3.05) is 18.3 Å². The lowest BCUT2D eigenvalue weighted by Gasteiger charge is -2.29. The summed E-state index contributed by atoms with van der Waals surface area (Å²) in [5.41, 5.74) is 0. The molecule has 1 saturated heterocycles. The fourth-order valence-corrected chi connectivity index (χ4v) is 2.98. The first-order chi connectivity index (χ1) is 6.10. The van der Waals surface area contributed by atoms with Crippen molar-refractivity contribution in [3.8, 4) is 0 Å². The average molecular weight is 226 g/mol. The average Bonchev–Trinajstić information content (AvgIpc) is 2.18. The molecule has 0 amide bonds. The molecule has 0 bridgehead atoms. The van der Waals surface area contributed by atoms with E-state index in [1.165, 1.54) is 4.31 Å². The van der Waals surface area contributed by atoms with Gasteiger partial charge in [0.15, 0.2) is 0 Å². The number of nitrogens with zero attached hydrogens (tertiary/aromatic N) is 1. The zero-order chi connectivity index (χ0) is 9.90. The summed E-state index contributed by atoms with van der Waals surface area (Å²) in [6.07, 6.45) is 3.11. The summed E-state index contributed by atoms with van der Waals surface area (Å²) < 4.78 is 24.2. The van der Waals surface area contributed by atoms with E-state index < -0.39 is 10.0 Å². The second-order valence-electron chi connectivity index (χ2n) is 3.47. The fourth-order valence-electron chi connectivity index (χ4n) is 1.66. The Balaban J connectivity index is 2.50. The third-order valence-corrected chi connectivity index (χ3v) is 4.94. The second-order valence-corrected chi connectivity index (χ2v) is 6.02. The molecule has 0 aromatic rings. The maximum absolute atomic E-state index is 11.3. The molecule has 1 rings (SSSR count). The molecular weight excluding hydrogens is 210 g/mol. The van der Waals surface area contributed by atoms with Crippen molar-refractivity contribution in [2.45, 2.75) is 26.2 Å². The summed E-state index contributed by atoms with van der Waals surface area (Å²) in [7, 11) is -3.15. The predicted octanol–water partition coefficient (Wildman–Crippen LogP) is 1.63. The second kappa shape index (κ2) is 4.62. The van der Waals surface area contributed by atoms with Gasteiger partial charge < -0.3 is 0 Å². The van der Waals surface area contributed by atoms with Crippen LogP contribution in [-0.2, 0) is 10.0 Å². The van der Waals surface area contributed by atoms with E-state index in [4.69, 9.17) is 11.6 Å². The van der Waals surface area contributed by atoms with E-state index >= 15 is 0 Å². The van der Waals surface area contributed by atoms with Crippen molar-refractivity contribution in [2.24, 2.45) is 5.92 Å². The first kappa shape index (κ1) is 11.3. The van der Waals surface area contributed by atoms with Crippen LogP contribution in [0.2, 0.25) is 0 Å². The molecule has 0 saturated carbocycles. The summed E-state index contributed by atoms with van der Waals surface area (Å²) in [5, 5.41) is -0.288. The van der Waals surface area contributed by atoms with Crippen molar-refractivity contribution in [1.82, 2.24) is 4.31 Å². The summed E-state index contributed by atoms with van der Waals surface area (Å²) in [6.45, 7) is 3.44. The van der Waals surface area contributed by atoms with Gasteiger partial charge in [-0.25, -0.2) is 12.7 Å². The Hall–Kier alpha value is 0.200. The van der Waals surface area contributed by atoms with Gasteiger partial charge in [-0.3, -0.25) is 0 Å². The highest BCUT2D eigenvalue weighted by Crippen LogP contribution is 2.22. The fraction of sp³-hybridized carbons (Fsp3) is 1.00. The first-order valence-corrected chi connectivity index (χ1v) is 6.78. The van der Waals surface area contributed by atoms with Crippen LogP contribution in [0.15, 0.2) is 0 Å². The monoisotopic (exact) mass is 225 g/mol. The quantitative estimate of drug-likeness (QED) is 0.685. The lowest BCUT2D eigenvalue weighted by Crippen LogP contribution is -2.38. The predicted molar refractivity (Wildman–Crippen MR) is 54.2 cm³/mol. The van der Waals surface area contributed by atoms with E-state index in [-0.39, 0.29) is 5.21 Å². The lowest BCUT2D eigenvalue weighted by atomic mass is 9.96. The van der Waals surface area contributed by atoms with Gasteiger partial charge in [0.25, 0.3) is 0 Å². The number of hydrogen-bond acceptors (Lipinski definition) is 2. The Morgan fingerprint density at radius 3 is 2.31 bits per heavy atom. The number of alkyl halides is 1. The van der Waals surface area contributed by atoms with Crippen LogP contribution in [0.4, 0.5) is 0 Å². The van der Waals surface area contributed by atoms with Gasteiger partial charge in [0.2, 0.25) is 10.0 Å². The van der Waals surface area contributed by atoms with Crippen molar-refractivity contribution in [1.29, 1.82) is 0 Å². The zero-order valence-electron chi connectivity index (χ0n) is 7.87. The van der Waals surface area contributed by atoms with Gasteiger partial charge in [-0.1, -0.05) is 13.3 Å². The number of sulfonamides is 1. The Kier molecular flexibility index (Phi) is 4.01. The zero-order valence-corrected chi connectivity index (χ0v) is 9.44. The molecule has 1 aliphatic rings. The molecule has 0 unspecified atom stereocenters. The maximum Gasteiger partial charge on any atom is 0.228 e. The number of hydrogen-bond donors (Lipinski definition) is 0. The Labute approximate surface area is 85.1 Å². The maximum atomic E-state index is 11.3. The molecule has 78 valence electrons. The van der Waals surface area contributed by atoms with Crippen LogP contribution in [0.25, 0.3) is 0 Å². The topological polar surface area (TPSA) is 37.4 Å². The molecule has 1 fully saturated rings. The van der Waals surface area contributed by atoms with Crippen LogP contribution in [0.1, 0.15) is 26.2 Å². The molecule has 0 radical (unpaired) electrons. The van der Waals surface area contributed by atoms with Crippen LogP contribution in [-0.4, -0.2) is 31.0 Å². The van der Waals surface area contributed by atoms with Gasteiger partial charge in [-0.05, 0) is 18.8 Å². The first-order valence-electron chi connectivity index (χ1n) is 4.64. The minimum Gasteiger partial charge on any atom is -0.211 e. The van der Waals surface area contributed by atoms with E-state index in [2.05, 4.69) is 6.92 Å². The molecule has 5 heteroatoms. The smallest absolute Gasteiger partial charge is 0.211 e. The molecule has 0 aromatic heterocycles. The Bertz CT molecular complexity index is 245. The molecule has 13 heavy (non-hydrogen) atoms. The highest BCUT2D eigenvalue weighted by Gasteiger charge is 2.26. The summed E-state index contributed by atoms with van der Waals surface area (Å²) in [6, 6.07) is 0. The van der Waals surface area contributed by atoms with Crippen molar-refractivity contribution in [3.05, 3.63) is 0 Å². The van der Waals surface area contributed by atoms with Crippen LogP contribution >= 0.6 is 11.6 Å². The normalized spacial score (nSPS) is 22.0. The third kappa shape index (κ3) is 2.82. The largest absolute Gasteiger partial charge is 0.228 e.